The van der Waals surface area contributed by atoms with Crippen LogP contribution in [0.25, 0.3) is 10.9 Å². The Morgan fingerprint density at radius 1 is 1.15 bits per heavy atom. The zero-order valence-electron chi connectivity index (χ0n) is 15.9. The van der Waals surface area contributed by atoms with Gasteiger partial charge < -0.3 is 9.88 Å². The minimum atomic E-state index is -0.643. The molecule has 4 rings (SSSR count). The summed E-state index contributed by atoms with van der Waals surface area (Å²) in [6.45, 7) is 10.4. The number of aromatic nitrogens is 1. The number of nitrogens with zero attached hydrogens (tertiary/aromatic N) is 1. The Morgan fingerprint density at radius 2 is 1.85 bits per heavy atom. The van der Waals surface area contributed by atoms with E-state index in [1.165, 1.54) is 0 Å². The van der Waals surface area contributed by atoms with E-state index in [1.54, 1.807) is 0 Å². The Balaban J connectivity index is 1.99. The van der Waals surface area contributed by atoms with Gasteiger partial charge in [0.15, 0.2) is 5.78 Å². The summed E-state index contributed by atoms with van der Waals surface area (Å²) in [6, 6.07) is 4.21. The fourth-order valence-corrected chi connectivity index (χ4v) is 4.87. The number of fused-ring (bicyclic) bond motifs is 4. The summed E-state index contributed by atoms with van der Waals surface area (Å²) >= 11 is 0. The van der Waals surface area contributed by atoms with Crippen LogP contribution in [-0.4, -0.2) is 23.2 Å². The van der Waals surface area contributed by atoms with E-state index in [9.17, 15) is 9.59 Å². The lowest BCUT2D eigenvalue weighted by atomic mass is 9.75. The minimum absolute atomic E-state index is 0.120. The summed E-state index contributed by atoms with van der Waals surface area (Å²) in [5, 5.41) is 1.08. The molecule has 0 fully saturated rings. The largest absolute Gasteiger partial charge is 0.352 e. The molecule has 0 bridgehead atoms. The predicted molar refractivity (Wildman–Crippen MR) is 110 cm³/mol. The van der Waals surface area contributed by atoms with E-state index in [0.29, 0.717) is 25.8 Å². The number of H-pyrrole nitrogens is 1. The second-order valence-electron chi connectivity index (χ2n) is 7.64. The Bertz CT molecular complexity index is 956. The van der Waals surface area contributed by atoms with E-state index in [1.807, 2.05) is 24.0 Å². The number of nitrogens with one attached hydrogen (secondary N) is 1. The molecule has 1 N–H and O–H groups in total. The maximum atomic E-state index is 13.4. The van der Waals surface area contributed by atoms with Crippen molar-refractivity contribution in [1.82, 2.24) is 4.98 Å². The summed E-state index contributed by atoms with van der Waals surface area (Å²) < 4.78 is 0. The molecular weight excluding hydrogens is 336 g/mol. The number of ketones is 1. The molecule has 4 nitrogen and oxygen atoms in total. The number of carbonyl (C=O) groups is 2. The van der Waals surface area contributed by atoms with Crippen LogP contribution in [0.1, 0.15) is 60.6 Å². The number of carbonyl (C=O) groups excluding carboxylic acids is 2. The van der Waals surface area contributed by atoms with Crippen LogP contribution in [0.5, 0.6) is 0 Å². The molecule has 1 amide bonds. The zero-order chi connectivity index (χ0) is 19.2. The van der Waals surface area contributed by atoms with Crippen molar-refractivity contribution in [3.63, 3.8) is 0 Å². The van der Waals surface area contributed by atoms with Gasteiger partial charge in [0.25, 0.3) is 0 Å². The quantitative estimate of drug-likeness (QED) is 0.611. The second-order valence-corrected chi connectivity index (χ2v) is 7.64. The molecule has 2 aliphatic rings. The lowest BCUT2D eigenvalue weighted by Gasteiger charge is -2.26. The van der Waals surface area contributed by atoms with E-state index < -0.39 is 5.41 Å². The van der Waals surface area contributed by atoms with Crippen molar-refractivity contribution in [1.29, 1.82) is 0 Å². The van der Waals surface area contributed by atoms with Gasteiger partial charge in [-0.2, -0.15) is 0 Å². The molecule has 1 aromatic heterocycles. The smallest absolute Gasteiger partial charge is 0.238 e. The maximum absolute atomic E-state index is 13.4. The number of hydrogen-bond acceptors (Lipinski definition) is 2. The van der Waals surface area contributed by atoms with Gasteiger partial charge in [-0.1, -0.05) is 12.2 Å². The molecule has 0 saturated carbocycles. The Hall–Kier alpha value is -2.62. The molecule has 1 aliphatic carbocycles. The average molecular weight is 362 g/mol. The van der Waals surface area contributed by atoms with Gasteiger partial charge in [0.1, 0.15) is 0 Å². The molecule has 2 aromatic rings. The summed E-state index contributed by atoms with van der Waals surface area (Å²) in [6.07, 6.45) is 8.27. The number of amides is 1. The Labute approximate surface area is 159 Å². The number of hydrogen-bond donors (Lipinski definition) is 1. The molecule has 1 aromatic carbocycles. The lowest BCUT2D eigenvalue weighted by molar-refractivity contribution is -0.123. The number of Topliss-reactive ketones (excluding diaryl/α,β-unsaturated/α-hetero) is 1. The molecule has 0 atom stereocenters. The first-order valence-electron chi connectivity index (χ1n) is 9.83. The van der Waals surface area contributed by atoms with Crippen LogP contribution in [-0.2, 0) is 16.6 Å². The number of benzene rings is 1. The molecule has 140 valence electrons. The van der Waals surface area contributed by atoms with Crippen molar-refractivity contribution in [3.05, 3.63) is 54.3 Å². The molecule has 0 spiro atoms. The fourth-order valence-electron chi connectivity index (χ4n) is 4.87. The normalized spacial score (nSPS) is 18.3. The topological polar surface area (TPSA) is 53.2 Å². The van der Waals surface area contributed by atoms with Crippen LogP contribution in [0.2, 0.25) is 0 Å². The molecule has 4 heteroatoms. The molecule has 0 saturated heterocycles. The van der Waals surface area contributed by atoms with Gasteiger partial charge in [-0.25, -0.2) is 0 Å². The highest BCUT2D eigenvalue weighted by Crippen LogP contribution is 2.49. The van der Waals surface area contributed by atoms with Gasteiger partial charge in [0.2, 0.25) is 5.91 Å². The summed E-state index contributed by atoms with van der Waals surface area (Å²) in [5.74, 6) is 0.320. The second kappa shape index (κ2) is 6.52. The molecule has 0 unspecified atom stereocenters. The van der Waals surface area contributed by atoms with Crippen LogP contribution < -0.4 is 4.90 Å². The summed E-state index contributed by atoms with van der Waals surface area (Å²) in [5.41, 5.74) is 4.18. The van der Waals surface area contributed by atoms with Crippen molar-refractivity contribution >= 4 is 28.3 Å². The van der Waals surface area contributed by atoms with E-state index >= 15 is 0 Å². The average Bonchev–Trinajstić information content (AvgIpc) is 3.04. The van der Waals surface area contributed by atoms with Gasteiger partial charge >= 0.3 is 0 Å². The first kappa shape index (κ1) is 17.8. The third kappa shape index (κ3) is 2.43. The molecular formula is C23H26N2O2. The zero-order valence-corrected chi connectivity index (χ0v) is 15.9. The third-order valence-corrected chi connectivity index (χ3v) is 6.14. The standard InChI is InChI=1S/C23H26N2O2/c1-4-11-23(12-5-2)17-14-18-16(13-19(17)25(6-3)22(23)27)15-9-7-8-10-20(26)21(15)24-18/h4-5,13-14,24H,1-2,6-12H2,3H3. The number of allylic oxidation sites excluding steroid dienone is 2. The highest BCUT2D eigenvalue weighted by atomic mass is 16.2. The van der Waals surface area contributed by atoms with Crippen molar-refractivity contribution in [3.8, 4) is 0 Å². The van der Waals surface area contributed by atoms with E-state index in [0.717, 1.165) is 52.7 Å². The number of rotatable bonds is 5. The number of aryl methyl sites for hydroxylation is 1. The molecule has 2 heterocycles. The van der Waals surface area contributed by atoms with Crippen LogP contribution in [0.4, 0.5) is 5.69 Å². The molecule has 1 aliphatic heterocycles. The molecule has 0 radical (unpaired) electrons. The van der Waals surface area contributed by atoms with Gasteiger partial charge in [-0.05, 0) is 62.3 Å². The van der Waals surface area contributed by atoms with Gasteiger partial charge in [-0.3, -0.25) is 9.59 Å². The van der Waals surface area contributed by atoms with E-state index in [4.69, 9.17) is 0 Å². The van der Waals surface area contributed by atoms with Crippen molar-refractivity contribution in [2.45, 2.75) is 50.9 Å². The highest BCUT2D eigenvalue weighted by Gasteiger charge is 2.49. The fraction of sp³-hybridized carbons (Fsp3) is 0.391. The lowest BCUT2D eigenvalue weighted by Crippen LogP contribution is -2.39. The van der Waals surface area contributed by atoms with Gasteiger partial charge in [0.05, 0.1) is 11.1 Å². The monoisotopic (exact) mass is 362 g/mol. The first-order chi connectivity index (χ1) is 13.1. The molecule has 27 heavy (non-hydrogen) atoms. The number of likely N-dealkylation sites (N-methyl/N-ethyl adjacent to an activating group) is 1. The first-order valence-corrected chi connectivity index (χ1v) is 9.83. The van der Waals surface area contributed by atoms with E-state index in [2.05, 4.69) is 30.3 Å². The minimum Gasteiger partial charge on any atom is -0.352 e. The van der Waals surface area contributed by atoms with Gasteiger partial charge in [0, 0.05) is 29.6 Å². The van der Waals surface area contributed by atoms with Crippen molar-refractivity contribution in [2.75, 3.05) is 11.4 Å². The van der Waals surface area contributed by atoms with Crippen LogP contribution in [0, 0.1) is 0 Å². The van der Waals surface area contributed by atoms with E-state index in [-0.39, 0.29) is 11.7 Å². The summed E-state index contributed by atoms with van der Waals surface area (Å²) in [7, 11) is 0. The van der Waals surface area contributed by atoms with Crippen molar-refractivity contribution < 1.29 is 9.59 Å². The van der Waals surface area contributed by atoms with Gasteiger partial charge in [-0.15, -0.1) is 13.2 Å². The Morgan fingerprint density at radius 3 is 2.52 bits per heavy atom. The SMILES string of the molecule is C=CCC1(CC=C)C(=O)N(CC)c2cc3c4c([nH]c3cc21)C(=O)CCCC4. The predicted octanol–water partition coefficient (Wildman–Crippen LogP) is 4.83. The number of anilines is 1. The van der Waals surface area contributed by atoms with Crippen molar-refractivity contribution in [2.24, 2.45) is 0 Å². The maximum Gasteiger partial charge on any atom is 0.238 e. The van der Waals surface area contributed by atoms with Crippen LogP contribution >= 0.6 is 0 Å². The number of aromatic amines is 1. The third-order valence-electron chi connectivity index (χ3n) is 6.14. The van der Waals surface area contributed by atoms with Crippen LogP contribution in [0.3, 0.4) is 0 Å². The summed E-state index contributed by atoms with van der Waals surface area (Å²) in [4.78, 5) is 31.1. The van der Waals surface area contributed by atoms with Crippen LogP contribution in [0.15, 0.2) is 37.4 Å². The Kier molecular flexibility index (Phi) is 4.29. The highest BCUT2D eigenvalue weighted by molar-refractivity contribution is 6.12.